The van der Waals surface area contributed by atoms with Gasteiger partial charge < -0.3 is 0 Å². The van der Waals surface area contributed by atoms with Crippen LogP contribution in [0.25, 0.3) is 0 Å². The Morgan fingerprint density at radius 3 is 0.612 bits per heavy atom. The van der Waals surface area contributed by atoms with Crippen LogP contribution in [0.5, 0.6) is 0 Å². The van der Waals surface area contributed by atoms with E-state index < -0.39 is 19.4 Å². The summed E-state index contributed by atoms with van der Waals surface area (Å²) in [6.45, 7) is 66.0. The fraction of sp³-hybridized carbons (Fsp3) is 0.988. The molecule has 6 aliphatic carbocycles. The van der Waals surface area contributed by atoms with Crippen molar-refractivity contribution in [3.8, 4) is 0 Å². The highest BCUT2D eigenvalue weighted by atomic mass is 32.2. The predicted octanol–water partition coefficient (Wildman–Crippen LogP) is 16.0. The molecule has 98 heavy (non-hydrogen) atoms. The maximum atomic E-state index is 11.5. The molecule has 0 unspecified atom stereocenters. The molecule has 0 radical (unpaired) electrons. The summed E-state index contributed by atoms with van der Waals surface area (Å²) in [6.07, 6.45) is 33.9. The van der Waals surface area contributed by atoms with Crippen molar-refractivity contribution < 1.29 is 12.6 Å². The number of thioether (sulfide) groups is 1. The van der Waals surface area contributed by atoms with Gasteiger partial charge in [0.1, 0.15) is 0 Å². The first-order valence-corrected chi connectivity index (χ1v) is 47.0. The van der Waals surface area contributed by atoms with Crippen molar-refractivity contribution in [1.82, 2.24) is 44.1 Å². The Morgan fingerprint density at radius 2 is 0.490 bits per heavy atom. The lowest BCUT2D eigenvalue weighted by Crippen LogP contribution is -2.74. The average Bonchev–Trinajstić information content (AvgIpc) is 0.720. The van der Waals surface area contributed by atoms with Gasteiger partial charge in [0.15, 0.2) is 9.84 Å². The summed E-state index contributed by atoms with van der Waals surface area (Å²) < 4.78 is 33.4. The van der Waals surface area contributed by atoms with Gasteiger partial charge in [-0.15, -0.1) is 0 Å². The van der Waals surface area contributed by atoms with Gasteiger partial charge in [-0.05, 0) is 286 Å². The average molecular weight is 1430 g/mol. The van der Waals surface area contributed by atoms with E-state index in [9.17, 15) is 12.6 Å². The molecule has 12 nitrogen and oxygen atoms in total. The molecule has 18 rings (SSSR count). The molecule has 0 aromatic rings. The molecule has 12 aliphatic heterocycles. The predicted molar refractivity (Wildman–Crippen MR) is 429 cm³/mol. The highest BCUT2D eigenvalue weighted by Gasteiger charge is 2.58. The van der Waals surface area contributed by atoms with E-state index in [1.807, 2.05) is 27.7 Å². The highest BCUT2D eigenvalue weighted by Crippen LogP contribution is 2.53. The molecule has 574 valence electrons. The second-order valence-corrected chi connectivity index (χ2v) is 43.8. The summed E-state index contributed by atoms with van der Waals surface area (Å²) in [5.41, 5.74) is 5.78. The lowest BCUT2D eigenvalue weighted by molar-refractivity contribution is -0.0927. The van der Waals surface area contributed by atoms with E-state index >= 15 is 0 Å². The monoisotopic (exact) mass is 1430 g/mol. The van der Waals surface area contributed by atoms with Gasteiger partial charge >= 0.3 is 0 Å². The van der Waals surface area contributed by atoms with Crippen LogP contribution >= 0.6 is 11.8 Å². The Morgan fingerprint density at radius 1 is 0.276 bits per heavy atom. The fourth-order valence-corrected chi connectivity index (χ4v) is 26.7. The van der Waals surface area contributed by atoms with E-state index in [4.69, 9.17) is 0 Å². The third-order valence-electron chi connectivity index (χ3n) is 28.4. The minimum Gasteiger partial charge on any atom is -0.300 e. The van der Waals surface area contributed by atoms with Crippen LogP contribution in [0.1, 0.15) is 300 Å². The van der Waals surface area contributed by atoms with Crippen LogP contribution in [0.2, 0.25) is 0 Å². The van der Waals surface area contributed by atoms with Crippen molar-refractivity contribution in [3.05, 3.63) is 0 Å². The normalized spacial score (nSPS) is 30.5. The highest BCUT2D eigenvalue weighted by molar-refractivity contribution is 8.01. The summed E-state index contributed by atoms with van der Waals surface area (Å²) in [5, 5.41) is 0. The molecule has 0 atom stereocenters. The van der Waals surface area contributed by atoms with Crippen molar-refractivity contribution in [2.24, 2.45) is 21.7 Å². The molecule has 18 aliphatic rings. The van der Waals surface area contributed by atoms with Crippen molar-refractivity contribution in [1.29, 1.82) is 0 Å². The van der Waals surface area contributed by atoms with Gasteiger partial charge in [0, 0.05) is 201 Å². The first-order chi connectivity index (χ1) is 46.0. The van der Waals surface area contributed by atoms with Crippen molar-refractivity contribution in [3.63, 3.8) is 0 Å². The van der Waals surface area contributed by atoms with Gasteiger partial charge in [-0.3, -0.25) is 48.3 Å². The molecule has 9 spiro atoms. The molecular formula is C83H161N9O3S3. The Bertz CT molecular complexity index is 2390. The van der Waals surface area contributed by atoms with E-state index in [1.54, 1.807) is 0 Å². The van der Waals surface area contributed by atoms with E-state index in [0.717, 1.165) is 83.1 Å². The molecule has 0 N–H and O–H groups in total. The quantitative estimate of drug-likeness (QED) is 0.206. The van der Waals surface area contributed by atoms with Crippen LogP contribution in [-0.2, 0) is 19.4 Å². The van der Waals surface area contributed by atoms with Gasteiger partial charge in [0.25, 0.3) is 0 Å². The Kier molecular flexibility index (Phi) is 28.7. The summed E-state index contributed by atoms with van der Waals surface area (Å²) in [5.74, 6) is 9.16. The first-order valence-electron chi connectivity index (χ1n) is 41.9. The minimum atomic E-state index is -2.63. The third kappa shape index (κ3) is 18.6. The smallest absolute Gasteiger partial charge is 0.151 e. The topological polar surface area (TPSA) is 80.4 Å². The number of rotatable bonds is 9. The zero-order valence-electron chi connectivity index (χ0n) is 68.6. The van der Waals surface area contributed by atoms with E-state index in [-0.39, 0.29) is 5.41 Å². The zero-order valence-corrected chi connectivity index (χ0v) is 71.0. The van der Waals surface area contributed by atoms with Crippen LogP contribution in [0, 0.1) is 21.7 Å². The molecule has 0 bridgehead atoms. The van der Waals surface area contributed by atoms with E-state index in [2.05, 4.69) is 186 Å². The maximum Gasteiger partial charge on any atom is 0.151 e. The standard InChI is InChI=1S/C9H17NOS.6C9H17N.C8H15NO2S.C8H15NS.2C2H6/c1-8(2)10-5-4-9(10)6-12(3,11)7-9;2*1-8(2)10-6-9(7-10)4-3-5-9;4*1-8(2)10-7-6-9(10)4-3-5-9;1-7(2)9-3-8(4-9)5-12(10,11)6-8;1-7(2)9-3-8(4-9)5-10-6-8;2*1-2/h8H,3-7H2,1-2H3;6*8H,3-7H2,1-2H3;7H,3-6H2,1-2H3;7H,3-6H2,1-2H3;2*1-2H3. The molecule has 12 saturated heterocycles. The van der Waals surface area contributed by atoms with Crippen LogP contribution < -0.4 is 0 Å². The van der Waals surface area contributed by atoms with Crippen molar-refractivity contribution >= 4 is 37.0 Å². The van der Waals surface area contributed by atoms with Crippen LogP contribution in [0.15, 0.2) is 0 Å². The summed E-state index contributed by atoms with van der Waals surface area (Å²) in [4.78, 5) is 23.2. The maximum absolute atomic E-state index is 11.5. The molecule has 12 heterocycles. The lowest BCUT2D eigenvalue weighted by Gasteiger charge is -2.61. The van der Waals surface area contributed by atoms with Crippen LogP contribution in [0.4, 0.5) is 0 Å². The molecule has 18 fully saturated rings. The summed E-state index contributed by atoms with van der Waals surface area (Å²) >= 11 is 2.11. The molecule has 6 saturated carbocycles. The Balaban J connectivity index is 0.000000140. The largest absolute Gasteiger partial charge is 0.300 e. The van der Waals surface area contributed by atoms with E-state index in [1.165, 1.54) is 231 Å². The lowest BCUT2D eigenvalue weighted by atomic mass is 9.63. The van der Waals surface area contributed by atoms with Crippen LogP contribution in [0.3, 0.4) is 0 Å². The van der Waals surface area contributed by atoms with Gasteiger partial charge in [-0.25, -0.2) is 8.42 Å². The third-order valence-corrected chi connectivity index (χ3v) is 34.2. The van der Waals surface area contributed by atoms with Gasteiger partial charge in [0.05, 0.1) is 11.5 Å². The number of nitrogens with zero attached hydrogens (tertiary/aromatic N) is 9. The van der Waals surface area contributed by atoms with Crippen molar-refractivity contribution in [2.45, 2.75) is 382 Å². The summed E-state index contributed by atoms with van der Waals surface area (Å²) in [6, 6.07) is 6.66. The minimum absolute atomic E-state index is 0.170. The van der Waals surface area contributed by atoms with Gasteiger partial charge in [-0.2, -0.15) is 11.8 Å². The van der Waals surface area contributed by atoms with Gasteiger partial charge in [-0.1, -0.05) is 40.5 Å². The van der Waals surface area contributed by atoms with E-state index in [0.29, 0.717) is 51.3 Å². The molecule has 15 heteroatoms. The Hall–Kier alpha value is -0.0400. The number of sulfone groups is 1. The van der Waals surface area contributed by atoms with Crippen molar-refractivity contribution in [2.75, 3.05) is 120 Å². The second kappa shape index (κ2) is 33.6. The fourth-order valence-electron chi connectivity index (χ4n) is 20.9. The number of hydrogen-bond acceptors (Lipinski definition) is 13. The number of hydrogen-bond donors (Lipinski definition) is 0. The molecule has 0 amide bonds. The molecule has 0 aromatic heterocycles. The summed E-state index contributed by atoms with van der Waals surface area (Å²) in [7, 11) is -4.28. The zero-order chi connectivity index (χ0) is 72.3. The number of likely N-dealkylation sites (tertiary alicyclic amines) is 9. The first kappa shape index (κ1) is 83.6. The SMILES string of the molecule is C=S1(=O)CC2(CCN2C(C)C)C1.CC.CC.CC(C)N1CC2(C1)CS(=O)(=O)C2.CC(C)N1CC2(CCC2)C1.CC(C)N1CC2(CCC2)C1.CC(C)N1CC2(CSC2)C1.CC(C)N1CCC12CCC2.CC(C)N1CCC12CCC2.CC(C)N1CCC12CCC2.CC(C)N1CCC12CCC2. The molecular weight excluding hydrogens is 1270 g/mol. The van der Waals surface area contributed by atoms with Gasteiger partial charge in [0.2, 0.25) is 0 Å². The Labute approximate surface area is 613 Å². The van der Waals surface area contributed by atoms with Crippen LogP contribution in [-0.4, -0.2) is 264 Å². The second-order valence-electron chi connectivity index (χ2n) is 38.2. The molecule has 0 aromatic carbocycles.